The van der Waals surface area contributed by atoms with Gasteiger partial charge in [0.2, 0.25) is 5.91 Å². The summed E-state index contributed by atoms with van der Waals surface area (Å²) in [6, 6.07) is 9.58. The van der Waals surface area contributed by atoms with E-state index in [0.717, 1.165) is 51.9 Å². The molecule has 0 fully saturated rings. The van der Waals surface area contributed by atoms with Gasteiger partial charge in [0.1, 0.15) is 6.04 Å². The lowest BCUT2D eigenvalue weighted by atomic mass is 10.1. The standard InChI is InChI=1S/C21H23ClN6O.H2S/c1-13-20-19(27(3)14(2)21(29)24-20)10-16(23-13)8-9-17-12-28(26-25-17)11-15-6-4-5-7-18(15)22;/h4-7,10,12,14H,8-9,11H2,1-3H3,(H,24,29);1H2/t14-;/m0./s1. The number of halogens is 1. The fourth-order valence-corrected chi connectivity index (χ4v) is 3.67. The predicted octanol–water partition coefficient (Wildman–Crippen LogP) is 3.36. The number of aryl methyl sites for hydroxylation is 3. The van der Waals surface area contributed by atoms with E-state index in [-0.39, 0.29) is 25.4 Å². The second-order valence-corrected chi connectivity index (χ2v) is 7.78. The molecular weight excluding hydrogens is 420 g/mol. The van der Waals surface area contributed by atoms with Gasteiger partial charge in [-0.25, -0.2) is 4.68 Å². The number of nitrogens with one attached hydrogen (secondary N) is 1. The summed E-state index contributed by atoms with van der Waals surface area (Å²) in [5, 5.41) is 12.2. The molecule has 0 saturated heterocycles. The normalized spacial score (nSPS) is 15.4. The number of carbonyl (C=O) groups excluding carboxylic acids is 1. The second kappa shape index (κ2) is 9.06. The SMILES string of the molecule is Cc1nc(CCc2cn(Cc3ccccc3Cl)nn2)cc2c1NC(=O)[C@H](C)N2C.S. The fraction of sp³-hybridized carbons (Fsp3) is 0.333. The molecule has 9 heteroatoms. The predicted molar refractivity (Wildman–Crippen MR) is 124 cm³/mol. The molecule has 1 aliphatic rings. The van der Waals surface area contributed by atoms with Crippen LogP contribution in [-0.4, -0.2) is 39.0 Å². The highest BCUT2D eigenvalue weighted by Gasteiger charge is 2.28. The topological polar surface area (TPSA) is 75.9 Å². The maximum Gasteiger partial charge on any atom is 0.246 e. The molecule has 1 amide bonds. The van der Waals surface area contributed by atoms with Gasteiger partial charge in [0.15, 0.2) is 0 Å². The fourth-order valence-electron chi connectivity index (χ4n) is 3.48. The highest BCUT2D eigenvalue weighted by Crippen LogP contribution is 2.33. The second-order valence-electron chi connectivity index (χ2n) is 7.37. The van der Waals surface area contributed by atoms with Crippen LogP contribution >= 0.6 is 25.1 Å². The molecule has 1 aliphatic heterocycles. The third-order valence-corrected chi connectivity index (χ3v) is 5.70. The van der Waals surface area contributed by atoms with E-state index in [9.17, 15) is 4.79 Å². The van der Waals surface area contributed by atoms with Gasteiger partial charge in [-0.15, -0.1) is 5.10 Å². The van der Waals surface area contributed by atoms with E-state index in [2.05, 4.69) is 20.6 Å². The minimum absolute atomic E-state index is 0. The van der Waals surface area contributed by atoms with Crippen molar-refractivity contribution in [3.05, 3.63) is 64.2 Å². The number of anilines is 2. The number of likely N-dealkylation sites (N-methyl/N-ethyl adjacent to an activating group) is 1. The summed E-state index contributed by atoms with van der Waals surface area (Å²) in [5.41, 5.74) is 5.51. The van der Waals surface area contributed by atoms with Gasteiger partial charge in [-0.3, -0.25) is 9.78 Å². The summed E-state index contributed by atoms with van der Waals surface area (Å²) < 4.78 is 1.80. The summed E-state index contributed by atoms with van der Waals surface area (Å²) >= 11 is 6.23. The molecule has 0 aliphatic carbocycles. The van der Waals surface area contributed by atoms with Crippen molar-refractivity contribution in [2.45, 2.75) is 39.3 Å². The van der Waals surface area contributed by atoms with Crippen molar-refractivity contribution < 1.29 is 4.79 Å². The van der Waals surface area contributed by atoms with E-state index >= 15 is 0 Å². The Bertz CT molecular complexity index is 1070. The molecule has 30 heavy (non-hydrogen) atoms. The number of pyridine rings is 1. The van der Waals surface area contributed by atoms with Gasteiger partial charge in [-0.2, -0.15) is 13.5 Å². The Morgan fingerprint density at radius 2 is 1.93 bits per heavy atom. The quantitative estimate of drug-likeness (QED) is 0.653. The number of amides is 1. The molecule has 7 nitrogen and oxygen atoms in total. The number of rotatable bonds is 5. The Kier molecular flexibility index (Phi) is 6.67. The zero-order valence-electron chi connectivity index (χ0n) is 17.2. The third kappa shape index (κ3) is 4.44. The number of carbonyl (C=O) groups is 1. The third-order valence-electron chi connectivity index (χ3n) is 5.33. The Hall–Kier alpha value is -2.58. The number of fused-ring (bicyclic) bond motifs is 1. The van der Waals surface area contributed by atoms with E-state index in [0.29, 0.717) is 6.54 Å². The van der Waals surface area contributed by atoms with Crippen LogP contribution < -0.4 is 10.2 Å². The van der Waals surface area contributed by atoms with Gasteiger partial charge in [-0.05, 0) is 44.4 Å². The zero-order valence-corrected chi connectivity index (χ0v) is 18.9. The molecule has 3 heterocycles. The Labute approximate surface area is 187 Å². The van der Waals surface area contributed by atoms with Crippen LogP contribution in [0.15, 0.2) is 36.5 Å². The first-order valence-corrected chi connectivity index (χ1v) is 9.97. The van der Waals surface area contributed by atoms with Gasteiger partial charge in [0, 0.05) is 24.0 Å². The summed E-state index contributed by atoms with van der Waals surface area (Å²) in [6.07, 6.45) is 3.43. The molecule has 0 saturated carbocycles. The molecule has 2 aromatic heterocycles. The van der Waals surface area contributed by atoms with E-state index < -0.39 is 0 Å². The van der Waals surface area contributed by atoms with Crippen molar-refractivity contribution in [2.24, 2.45) is 0 Å². The number of benzene rings is 1. The Balaban J connectivity index is 0.00000256. The van der Waals surface area contributed by atoms with Crippen molar-refractivity contribution in [2.75, 3.05) is 17.3 Å². The van der Waals surface area contributed by atoms with Gasteiger partial charge < -0.3 is 10.2 Å². The average molecular weight is 445 g/mol. The number of hydrogen-bond donors (Lipinski definition) is 1. The molecule has 0 radical (unpaired) electrons. The maximum atomic E-state index is 12.1. The summed E-state index contributed by atoms with van der Waals surface area (Å²) in [7, 11) is 1.94. The van der Waals surface area contributed by atoms with Crippen molar-refractivity contribution in [1.29, 1.82) is 0 Å². The molecule has 1 N–H and O–H groups in total. The molecule has 4 rings (SSSR count). The first kappa shape index (κ1) is 22.1. The maximum absolute atomic E-state index is 12.1. The summed E-state index contributed by atoms with van der Waals surface area (Å²) in [5.74, 6) is -0.00668. The molecule has 0 bridgehead atoms. The van der Waals surface area contributed by atoms with Crippen LogP contribution in [0.4, 0.5) is 11.4 Å². The van der Waals surface area contributed by atoms with Crippen LogP contribution in [0.3, 0.4) is 0 Å². The average Bonchev–Trinajstić information content (AvgIpc) is 3.15. The van der Waals surface area contributed by atoms with Crippen LogP contribution in [0.5, 0.6) is 0 Å². The molecule has 0 unspecified atom stereocenters. The molecular formula is C21H25ClN6OS. The monoisotopic (exact) mass is 444 g/mol. The zero-order chi connectivity index (χ0) is 20.5. The molecule has 158 valence electrons. The highest BCUT2D eigenvalue weighted by molar-refractivity contribution is 7.59. The Morgan fingerprint density at radius 3 is 2.70 bits per heavy atom. The van der Waals surface area contributed by atoms with Crippen LogP contribution in [0, 0.1) is 6.92 Å². The minimum Gasteiger partial charge on any atom is -0.361 e. The smallest absolute Gasteiger partial charge is 0.246 e. The van der Waals surface area contributed by atoms with Crippen LogP contribution in [0.1, 0.15) is 29.6 Å². The summed E-state index contributed by atoms with van der Waals surface area (Å²) in [4.78, 5) is 18.7. The van der Waals surface area contributed by atoms with Crippen LogP contribution in [-0.2, 0) is 24.2 Å². The van der Waals surface area contributed by atoms with E-state index in [1.807, 2.05) is 62.3 Å². The first-order chi connectivity index (χ1) is 13.9. The number of aromatic nitrogens is 4. The lowest BCUT2D eigenvalue weighted by Gasteiger charge is -2.34. The van der Waals surface area contributed by atoms with Crippen molar-refractivity contribution in [3.8, 4) is 0 Å². The van der Waals surface area contributed by atoms with Gasteiger partial charge >= 0.3 is 0 Å². The van der Waals surface area contributed by atoms with Gasteiger partial charge in [-0.1, -0.05) is 35.0 Å². The van der Waals surface area contributed by atoms with Crippen LogP contribution in [0.2, 0.25) is 5.02 Å². The van der Waals surface area contributed by atoms with E-state index in [1.54, 1.807) is 4.68 Å². The molecule has 1 aromatic carbocycles. The summed E-state index contributed by atoms with van der Waals surface area (Å²) in [6.45, 7) is 4.41. The lowest BCUT2D eigenvalue weighted by Crippen LogP contribution is -2.44. The highest BCUT2D eigenvalue weighted by atomic mass is 35.5. The van der Waals surface area contributed by atoms with Crippen molar-refractivity contribution >= 4 is 42.4 Å². The van der Waals surface area contributed by atoms with E-state index in [1.165, 1.54) is 0 Å². The first-order valence-electron chi connectivity index (χ1n) is 9.59. The van der Waals surface area contributed by atoms with E-state index in [4.69, 9.17) is 11.6 Å². The van der Waals surface area contributed by atoms with Gasteiger partial charge in [0.25, 0.3) is 0 Å². The molecule has 3 aromatic rings. The number of hydrogen-bond acceptors (Lipinski definition) is 5. The Morgan fingerprint density at radius 1 is 1.20 bits per heavy atom. The van der Waals surface area contributed by atoms with Crippen molar-refractivity contribution in [3.63, 3.8) is 0 Å². The minimum atomic E-state index is -0.207. The van der Waals surface area contributed by atoms with Crippen LogP contribution in [0.25, 0.3) is 0 Å². The largest absolute Gasteiger partial charge is 0.361 e. The van der Waals surface area contributed by atoms with Gasteiger partial charge in [0.05, 0.1) is 29.3 Å². The van der Waals surface area contributed by atoms with Crippen molar-refractivity contribution in [1.82, 2.24) is 20.0 Å². The lowest BCUT2D eigenvalue weighted by molar-refractivity contribution is -0.117. The molecule has 0 spiro atoms. The number of nitrogens with zero attached hydrogens (tertiary/aromatic N) is 5. The molecule has 1 atom stereocenters.